The number of carbonyl (C=O) groups excluding carboxylic acids is 1. The van der Waals surface area contributed by atoms with Crippen molar-refractivity contribution in [3.05, 3.63) is 70.3 Å². The largest absolute Gasteiger partial charge is 0.496 e. The van der Waals surface area contributed by atoms with Crippen LogP contribution in [0, 0.1) is 20.8 Å². The molecule has 0 unspecified atom stereocenters. The summed E-state index contributed by atoms with van der Waals surface area (Å²) >= 11 is 0. The lowest BCUT2D eigenvalue weighted by atomic mass is 9.96. The van der Waals surface area contributed by atoms with E-state index < -0.39 is 0 Å². The summed E-state index contributed by atoms with van der Waals surface area (Å²) in [4.78, 5) is 12.2. The highest BCUT2D eigenvalue weighted by molar-refractivity contribution is 5.92. The Morgan fingerprint density at radius 3 is 2.46 bits per heavy atom. The first-order valence-electron chi connectivity index (χ1n) is 8.11. The van der Waals surface area contributed by atoms with E-state index in [-0.39, 0.29) is 11.9 Å². The Morgan fingerprint density at radius 2 is 1.75 bits per heavy atom. The van der Waals surface area contributed by atoms with E-state index in [2.05, 4.69) is 38.2 Å². The van der Waals surface area contributed by atoms with E-state index in [0.29, 0.717) is 0 Å². The Balaban J connectivity index is 2.09. The summed E-state index contributed by atoms with van der Waals surface area (Å²) in [6.07, 6.45) is 3.32. The molecule has 3 nitrogen and oxygen atoms in total. The van der Waals surface area contributed by atoms with Gasteiger partial charge in [-0.15, -0.1) is 0 Å². The second-order valence-corrected chi connectivity index (χ2v) is 6.10. The summed E-state index contributed by atoms with van der Waals surface area (Å²) in [6, 6.07) is 11.9. The quantitative estimate of drug-likeness (QED) is 0.822. The number of carbonyl (C=O) groups is 1. The van der Waals surface area contributed by atoms with E-state index in [0.717, 1.165) is 16.9 Å². The van der Waals surface area contributed by atoms with Gasteiger partial charge in [0, 0.05) is 11.6 Å². The molecule has 0 aliphatic rings. The van der Waals surface area contributed by atoms with Gasteiger partial charge in [0.25, 0.3) is 0 Å². The van der Waals surface area contributed by atoms with Crippen LogP contribution in [0.15, 0.2) is 42.5 Å². The topological polar surface area (TPSA) is 38.3 Å². The van der Waals surface area contributed by atoms with Gasteiger partial charge in [-0.2, -0.15) is 0 Å². The Labute approximate surface area is 144 Å². The highest BCUT2D eigenvalue weighted by Gasteiger charge is 2.11. The van der Waals surface area contributed by atoms with Gasteiger partial charge in [0.2, 0.25) is 5.91 Å². The second-order valence-electron chi connectivity index (χ2n) is 6.10. The summed E-state index contributed by atoms with van der Waals surface area (Å²) in [5.74, 6) is 0.630. The number of methoxy groups -OCH3 is 1. The van der Waals surface area contributed by atoms with Gasteiger partial charge in [-0.25, -0.2) is 0 Å². The summed E-state index contributed by atoms with van der Waals surface area (Å²) < 4.78 is 5.29. The highest BCUT2D eigenvalue weighted by atomic mass is 16.5. The van der Waals surface area contributed by atoms with Crippen LogP contribution in [0.25, 0.3) is 6.08 Å². The minimum atomic E-state index is -0.119. The van der Waals surface area contributed by atoms with Crippen LogP contribution < -0.4 is 10.1 Å². The third-order valence-electron chi connectivity index (χ3n) is 4.26. The van der Waals surface area contributed by atoms with Crippen molar-refractivity contribution >= 4 is 12.0 Å². The molecule has 0 aliphatic carbocycles. The maximum Gasteiger partial charge on any atom is 0.244 e. The molecule has 2 aromatic rings. The fourth-order valence-corrected chi connectivity index (χ4v) is 2.76. The van der Waals surface area contributed by atoms with Crippen LogP contribution in [0.2, 0.25) is 0 Å². The molecule has 0 fully saturated rings. The lowest BCUT2D eigenvalue weighted by Crippen LogP contribution is -2.25. The average molecular weight is 323 g/mol. The molecular formula is C21H25NO2. The van der Waals surface area contributed by atoms with Gasteiger partial charge in [-0.05, 0) is 62.1 Å². The molecule has 1 N–H and O–H groups in total. The molecule has 0 aliphatic heterocycles. The van der Waals surface area contributed by atoms with Gasteiger partial charge < -0.3 is 10.1 Å². The van der Waals surface area contributed by atoms with Crippen molar-refractivity contribution in [2.24, 2.45) is 0 Å². The van der Waals surface area contributed by atoms with Crippen LogP contribution in [0.1, 0.15) is 40.8 Å². The van der Waals surface area contributed by atoms with Crippen LogP contribution >= 0.6 is 0 Å². The first-order valence-corrected chi connectivity index (χ1v) is 8.11. The average Bonchev–Trinajstić information content (AvgIpc) is 2.56. The molecular weight excluding hydrogens is 298 g/mol. The third kappa shape index (κ3) is 4.25. The first kappa shape index (κ1) is 17.8. The normalized spacial score (nSPS) is 12.2. The van der Waals surface area contributed by atoms with Crippen molar-refractivity contribution in [1.29, 1.82) is 0 Å². The van der Waals surface area contributed by atoms with Crippen molar-refractivity contribution in [2.45, 2.75) is 33.7 Å². The van der Waals surface area contributed by atoms with Crippen molar-refractivity contribution in [3.63, 3.8) is 0 Å². The molecule has 1 atom stereocenters. The zero-order valence-corrected chi connectivity index (χ0v) is 15.0. The summed E-state index contributed by atoms with van der Waals surface area (Å²) in [5, 5.41) is 3.02. The predicted molar refractivity (Wildman–Crippen MR) is 99.2 cm³/mol. The van der Waals surface area contributed by atoms with Crippen molar-refractivity contribution in [1.82, 2.24) is 5.32 Å². The van der Waals surface area contributed by atoms with Crippen LogP contribution in [-0.2, 0) is 4.79 Å². The molecule has 2 aromatic carbocycles. The number of amides is 1. The number of rotatable bonds is 5. The monoisotopic (exact) mass is 323 g/mol. The standard InChI is InChI=1S/C21H25NO2/c1-14-12-16(3)19(13-15(14)2)17(4)22-21(23)11-10-18-8-6-7-9-20(18)24-5/h6-13,17H,1-5H3,(H,22,23)/b11-10+/t17-/m0/s1. The molecule has 0 saturated heterocycles. The first-order chi connectivity index (χ1) is 11.4. The van der Waals surface area contributed by atoms with Crippen molar-refractivity contribution < 1.29 is 9.53 Å². The predicted octanol–water partition coefficient (Wildman–Crippen LogP) is 4.51. The minimum absolute atomic E-state index is 0.0425. The SMILES string of the molecule is COc1ccccc1/C=C/C(=O)N[C@@H](C)c1cc(C)c(C)cc1C. The Morgan fingerprint density at radius 1 is 1.08 bits per heavy atom. The molecule has 0 aromatic heterocycles. The Bertz CT molecular complexity index is 762. The van der Waals surface area contributed by atoms with Gasteiger partial charge in [0.05, 0.1) is 13.2 Å². The highest BCUT2D eigenvalue weighted by Crippen LogP contribution is 2.22. The summed E-state index contributed by atoms with van der Waals surface area (Å²) in [5.41, 5.74) is 5.73. The van der Waals surface area contributed by atoms with Crippen LogP contribution in [-0.4, -0.2) is 13.0 Å². The van der Waals surface area contributed by atoms with Gasteiger partial charge in [-0.1, -0.05) is 30.3 Å². The summed E-state index contributed by atoms with van der Waals surface area (Å²) in [7, 11) is 1.62. The van der Waals surface area contributed by atoms with Crippen molar-refractivity contribution in [3.8, 4) is 5.75 Å². The van der Waals surface area contributed by atoms with E-state index in [9.17, 15) is 4.79 Å². The number of aryl methyl sites for hydroxylation is 3. The summed E-state index contributed by atoms with van der Waals surface area (Å²) in [6.45, 7) is 8.28. The van der Waals surface area contributed by atoms with Gasteiger partial charge in [0.1, 0.15) is 5.75 Å². The van der Waals surface area contributed by atoms with Crippen LogP contribution in [0.5, 0.6) is 5.75 Å². The lowest BCUT2D eigenvalue weighted by molar-refractivity contribution is -0.117. The minimum Gasteiger partial charge on any atom is -0.496 e. The zero-order chi connectivity index (χ0) is 17.7. The maximum absolute atomic E-state index is 12.2. The molecule has 0 radical (unpaired) electrons. The van der Waals surface area contributed by atoms with E-state index in [1.807, 2.05) is 31.2 Å². The molecule has 0 heterocycles. The van der Waals surface area contributed by atoms with E-state index >= 15 is 0 Å². The Hall–Kier alpha value is -2.55. The lowest BCUT2D eigenvalue weighted by Gasteiger charge is -2.17. The number of hydrogen-bond acceptors (Lipinski definition) is 2. The molecule has 1 amide bonds. The fourth-order valence-electron chi connectivity index (χ4n) is 2.76. The maximum atomic E-state index is 12.2. The smallest absolute Gasteiger partial charge is 0.244 e. The number of benzene rings is 2. The van der Waals surface area contributed by atoms with E-state index in [1.54, 1.807) is 19.3 Å². The van der Waals surface area contributed by atoms with Gasteiger partial charge >= 0.3 is 0 Å². The number of ether oxygens (including phenoxy) is 1. The van der Waals surface area contributed by atoms with E-state index in [1.165, 1.54) is 16.7 Å². The molecule has 24 heavy (non-hydrogen) atoms. The fraction of sp³-hybridized carbons (Fsp3) is 0.286. The van der Waals surface area contributed by atoms with Crippen molar-refractivity contribution in [2.75, 3.05) is 7.11 Å². The number of para-hydroxylation sites is 1. The van der Waals surface area contributed by atoms with Gasteiger partial charge in [0.15, 0.2) is 0 Å². The number of hydrogen-bond donors (Lipinski definition) is 1. The van der Waals surface area contributed by atoms with Crippen LogP contribution in [0.4, 0.5) is 0 Å². The third-order valence-corrected chi connectivity index (χ3v) is 4.26. The van der Waals surface area contributed by atoms with E-state index in [4.69, 9.17) is 4.74 Å². The van der Waals surface area contributed by atoms with Gasteiger partial charge in [-0.3, -0.25) is 4.79 Å². The van der Waals surface area contributed by atoms with Crippen LogP contribution in [0.3, 0.4) is 0 Å². The Kier molecular flexibility index (Phi) is 5.80. The zero-order valence-electron chi connectivity index (χ0n) is 15.0. The molecule has 0 bridgehead atoms. The second kappa shape index (κ2) is 7.82. The molecule has 0 saturated carbocycles. The molecule has 126 valence electrons. The number of nitrogens with one attached hydrogen (secondary N) is 1. The molecule has 3 heteroatoms. The molecule has 2 rings (SSSR count). The molecule has 0 spiro atoms.